The lowest BCUT2D eigenvalue weighted by Gasteiger charge is -2.23. The summed E-state index contributed by atoms with van der Waals surface area (Å²) in [5, 5.41) is 3.39. The average Bonchev–Trinajstić information content (AvgIpc) is 2.84. The maximum Gasteiger partial charge on any atom is 0.255 e. The monoisotopic (exact) mass is 472 g/mol. The molecule has 0 saturated carbocycles. The first-order valence-corrected chi connectivity index (χ1v) is 11.7. The number of rotatable bonds is 7. The number of benzene rings is 4. The molecule has 0 fully saturated rings. The Hall–Kier alpha value is -3.54. The van der Waals surface area contributed by atoms with E-state index >= 15 is 0 Å². The summed E-state index contributed by atoms with van der Waals surface area (Å²) in [6.45, 7) is 0. The van der Waals surface area contributed by atoms with E-state index in [1.807, 2.05) is 84.9 Å². The molecule has 1 N–H and O–H groups in total. The molecule has 164 valence electrons. The first-order valence-electron chi connectivity index (χ1n) is 10.3. The van der Waals surface area contributed by atoms with Crippen LogP contribution in [0, 0.1) is 0 Å². The fraction of sp³-hybridized carbons (Fsp3) is 0.0370. The number of carbonyl (C=O) groups is 2. The summed E-state index contributed by atoms with van der Waals surface area (Å²) >= 11 is 7.40. The minimum atomic E-state index is -0.241. The molecule has 0 unspecified atom stereocenters. The zero-order valence-corrected chi connectivity index (χ0v) is 19.2. The number of nitrogens with one attached hydrogen (secondary N) is 1. The van der Waals surface area contributed by atoms with Gasteiger partial charge in [0.25, 0.3) is 5.91 Å². The normalized spacial score (nSPS) is 10.5. The van der Waals surface area contributed by atoms with Gasteiger partial charge < -0.3 is 5.32 Å². The van der Waals surface area contributed by atoms with Gasteiger partial charge in [-0.15, -0.1) is 11.8 Å². The van der Waals surface area contributed by atoms with Crippen LogP contribution in [0.1, 0.15) is 10.4 Å². The van der Waals surface area contributed by atoms with E-state index in [0.717, 1.165) is 16.3 Å². The smallest absolute Gasteiger partial charge is 0.255 e. The van der Waals surface area contributed by atoms with Gasteiger partial charge in [0.05, 0.1) is 5.75 Å². The number of amides is 2. The van der Waals surface area contributed by atoms with Crippen molar-refractivity contribution in [2.45, 2.75) is 4.90 Å². The quantitative estimate of drug-likeness (QED) is 0.293. The van der Waals surface area contributed by atoms with Gasteiger partial charge in [0, 0.05) is 32.5 Å². The molecule has 2 amide bonds. The molecule has 0 heterocycles. The Kier molecular flexibility index (Phi) is 7.45. The third-order valence-corrected chi connectivity index (χ3v) is 6.03. The molecule has 0 spiro atoms. The van der Waals surface area contributed by atoms with Crippen LogP contribution in [0.5, 0.6) is 0 Å². The summed E-state index contributed by atoms with van der Waals surface area (Å²) in [6, 6.07) is 33.4. The van der Waals surface area contributed by atoms with Crippen molar-refractivity contribution in [3.05, 3.63) is 120 Å². The van der Waals surface area contributed by atoms with Crippen LogP contribution >= 0.6 is 23.4 Å². The Balaban J connectivity index is 1.46. The number of para-hydroxylation sites is 2. The largest absolute Gasteiger partial charge is 0.322 e. The van der Waals surface area contributed by atoms with Crippen molar-refractivity contribution in [2.75, 3.05) is 16.0 Å². The van der Waals surface area contributed by atoms with Crippen LogP contribution in [-0.2, 0) is 4.79 Å². The van der Waals surface area contributed by atoms with Gasteiger partial charge in [-0.2, -0.15) is 0 Å². The van der Waals surface area contributed by atoms with Crippen molar-refractivity contribution in [3.8, 4) is 0 Å². The first kappa shape index (κ1) is 22.6. The predicted octanol–water partition coefficient (Wildman–Crippen LogP) is 7.05. The number of thioether (sulfide) groups is 1. The highest BCUT2D eigenvalue weighted by atomic mass is 35.5. The van der Waals surface area contributed by atoms with E-state index in [1.54, 1.807) is 29.2 Å². The zero-order valence-electron chi connectivity index (χ0n) is 17.6. The summed E-state index contributed by atoms with van der Waals surface area (Å²) in [6.07, 6.45) is 0. The summed E-state index contributed by atoms with van der Waals surface area (Å²) in [5.74, 6) is -0.0315. The standard InChI is InChI=1S/C27H21ClN2O2S/c28-21-10-7-9-20(17-21)27(32)29-22-11-8-16-25(18-22)33-19-26(31)30(23-12-3-1-4-13-23)24-14-5-2-6-15-24/h1-18H,19H2,(H,29,32). The van der Waals surface area contributed by atoms with E-state index in [9.17, 15) is 9.59 Å². The van der Waals surface area contributed by atoms with Crippen LogP contribution in [-0.4, -0.2) is 17.6 Å². The van der Waals surface area contributed by atoms with E-state index in [4.69, 9.17) is 11.6 Å². The maximum absolute atomic E-state index is 13.2. The highest BCUT2D eigenvalue weighted by Crippen LogP contribution is 2.28. The van der Waals surface area contributed by atoms with Gasteiger partial charge in [-0.3, -0.25) is 14.5 Å². The van der Waals surface area contributed by atoms with Gasteiger partial charge in [-0.05, 0) is 60.7 Å². The van der Waals surface area contributed by atoms with Gasteiger partial charge in [0.15, 0.2) is 0 Å². The second kappa shape index (κ2) is 10.9. The van der Waals surface area contributed by atoms with Crippen LogP contribution < -0.4 is 10.2 Å². The molecule has 0 saturated heterocycles. The van der Waals surface area contributed by atoms with Gasteiger partial charge in [-0.1, -0.05) is 60.1 Å². The minimum absolute atomic E-state index is 0.0363. The molecule has 0 aliphatic rings. The third kappa shape index (κ3) is 6.04. The number of nitrogens with zero attached hydrogens (tertiary/aromatic N) is 1. The molecule has 4 nitrogen and oxygen atoms in total. The lowest BCUT2D eigenvalue weighted by Crippen LogP contribution is -2.27. The van der Waals surface area contributed by atoms with Crippen molar-refractivity contribution in [2.24, 2.45) is 0 Å². The summed E-state index contributed by atoms with van der Waals surface area (Å²) < 4.78 is 0. The zero-order chi connectivity index (χ0) is 23.0. The van der Waals surface area contributed by atoms with Crippen molar-refractivity contribution in [1.29, 1.82) is 0 Å². The molecule has 0 atom stereocenters. The predicted molar refractivity (Wildman–Crippen MR) is 137 cm³/mol. The van der Waals surface area contributed by atoms with Crippen molar-refractivity contribution >= 4 is 52.2 Å². The summed E-state index contributed by atoms with van der Waals surface area (Å²) in [5.41, 5.74) is 2.77. The maximum atomic E-state index is 13.2. The van der Waals surface area contributed by atoms with Crippen LogP contribution in [0.25, 0.3) is 0 Å². The fourth-order valence-electron chi connectivity index (χ4n) is 3.30. The highest BCUT2D eigenvalue weighted by Gasteiger charge is 2.18. The Labute approximate surface area is 202 Å². The number of halogens is 1. The molecule has 0 aliphatic carbocycles. The Morgan fingerprint density at radius 3 is 2.03 bits per heavy atom. The van der Waals surface area contributed by atoms with E-state index in [-0.39, 0.29) is 17.6 Å². The highest BCUT2D eigenvalue weighted by molar-refractivity contribution is 8.00. The van der Waals surface area contributed by atoms with Gasteiger partial charge in [-0.25, -0.2) is 0 Å². The molecule has 6 heteroatoms. The molecule has 4 rings (SSSR count). The summed E-state index contributed by atoms with van der Waals surface area (Å²) in [7, 11) is 0. The minimum Gasteiger partial charge on any atom is -0.322 e. The first-order chi connectivity index (χ1) is 16.1. The number of hydrogen-bond donors (Lipinski definition) is 1. The molecule has 4 aromatic rings. The molecular formula is C27H21ClN2O2S. The van der Waals surface area contributed by atoms with Crippen molar-refractivity contribution in [1.82, 2.24) is 0 Å². The number of anilines is 3. The van der Waals surface area contributed by atoms with Crippen LogP contribution in [0.15, 0.2) is 114 Å². The van der Waals surface area contributed by atoms with Gasteiger partial charge in [0.2, 0.25) is 5.91 Å². The lowest BCUT2D eigenvalue weighted by molar-refractivity contribution is -0.115. The summed E-state index contributed by atoms with van der Waals surface area (Å²) in [4.78, 5) is 28.3. The molecule has 0 aromatic heterocycles. The number of hydrogen-bond acceptors (Lipinski definition) is 3. The van der Waals surface area contributed by atoms with E-state index in [2.05, 4.69) is 5.32 Å². The molecule has 0 radical (unpaired) electrons. The second-order valence-electron chi connectivity index (χ2n) is 7.18. The van der Waals surface area contributed by atoms with E-state index in [0.29, 0.717) is 16.3 Å². The van der Waals surface area contributed by atoms with Gasteiger partial charge in [0.1, 0.15) is 0 Å². The molecule has 0 aliphatic heterocycles. The molecule has 0 bridgehead atoms. The average molecular weight is 473 g/mol. The SMILES string of the molecule is O=C(Nc1cccc(SCC(=O)N(c2ccccc2)c2ccccc2)c1)c1cccc(Cl)c1. The Bertz CT molecular complexity index is 1210. The second-order valence-corrected chi connectivity index (χ2v) is 8.67. The van der Waals surface area contributed by atoms with E-state index in [1.165, 1.54) is 11.8 Å². The topological polar surface area (TPSA) is 49.4 Å². The lowest BCUT2D eigenvalue weighted by atomic mass is 10.2. The molecule has 33 heavy (non-hydrogen) atoms. The fourth-order valence-corrected chi connectivity index (χ4v) is 4.29. The van der Waals surface area contributed by atoms with Crippen LogP contribution in [0.2, 0.25) is 5.02 Å². The molecular weight excluding hydrogens is 452 g/mol. The van der Waals surface area contributed by atoms with Crippen molar-refractivity contribution in [3.63, 3.8) is 0 Å². The Morgan fingerprint density at radius 2 is 1.39 bits per heavy atom. The third-order valence-electron chi connectivity index (χ3n) is 4.82. The molecule has 4 aromatic carbocycles. The van der Waals surface area contributed by atoms with Crippen LogP contribution in [0.3, 0.4) is 0 Å². The van der Waals surface area contributed by atoms with Gasteiger partial charge >= 0.3 is 0 Å². The number of carbonyl (C=O) groups excluding carboxylic acids is 2. The Morgan fingerprint density at radius 1 is 0.758 bits per heavy atom. The van der Waals surface area contributed by atoms with Crippen molar-refractivity contribution < 1.29 is 9.59 Å². The van der Waals surface area contributed by atoms with Crippen LogP contribution in [0.4, 0.5) is 17.1 Å². The van der Waals surface area contributed by atoms with E-state index < -0.39 is 0 Å².